The van der Waals surface area contributed by atoms with Gasteiger partial charge in [0.25, 0.3) is 0 Å². The van der Waals surface area contributed by atoms with Crippen molar-refractivity contribution in [2.24, 2.45) is 0 Å². The van der Waals surface area contributed by atoms with E-state index in [1.54, 1.807) is 6.08 Å². The zero-order valence-electron chi connectivity index (χ0n) is 8.77. The lowest BCUT2D eigenvalue weighted by atomic mass is 9.67. The molecule has 0 saturated heterocycles. The lowest BCUT2D eigenvalue weighted by Gasteiger charge is -2.30. The number of hydrogen-bond acceptors (Lipinski definition) is 3. The summed E-state index contributed by atoms with van der Waals surface area (Å²) in [7, 11) is -1.75. The molecule has 0 spiro atoms. The predicted molar refractivity (Wildman–Crippen MR) is 56.9 cm³/mol. The normalized spacial score (nSPS) is 29.5. The van der Waals surface area contributed by atoms with Crippen LogP contribution in [-0.4, -0.2) is 29.6 Å². The third kappa shape index (κ3) is 3.16. The highest BCUT2D eigenvalue weighted by Gasteiger charge is 2.44. The second-order valence-corrected chi connectivity index (χ2v) is 3.58. The molecule has 0 aromatic carbocycles. The summed E-state index contributed by atoms with van der Waals surface area (Å²) >= 11 is 0. The van der Waals surface area contributed by atoms with Crippen molar-refractivity contribution in [3.63, 3.8) is 0 Å². The second kappa shape index (κ2) is 5.44. The van der Waals surface area contributed by atoms with Crippen LogP contribution in [-0.2, 0) is 4.74 Å². The molecule has 0 bridgehead atoms. The van der Waals surface area contributed by atoms with E-state index in [-0.39, 0.29) is 6.61 Å². The number of rotatable bonds is 5. The molecule has 2 N–H and O–H groups in total. The predicted octanol–water partition coefficient (Wildman–Crippen LogP) is 1.44. The Morgan fingerprint density at radius 1 is 1.47 bits per heavy atom. The van der Waals surface area contributed by atoms with Gasteiger partial charge in [-0.05, 0) is 12.5 Å². The molecular formula is C10H16BFO3. The number of allylic oxidation sites excluding steroid dienone is 2. The minimum atomic E-state index is -2.10. The van der Waals surface area contributed by atoms with Gasteiger partial charge in [-0.1, -0.05) is 31.6 Å². The highest BCUT2D eigenvalue weighted by molar-refractivity contribution is 6.44. The summed E-state index contributed by atoms with van der Waals surface area (Å²) in [5.74, 6) is -3.16. The van der Waals surface area contributed by atoms with Crippen molar-refractivity contribution in [3.05, 3.63) is 24.3 Å². The minimum Gasteiger partial charge on any atom is -0.427 e. The van der Waals surface area contributed by atoms with E-state index >= 15 is 0 Å². The van der Waals surface area contributed by atoms with Gasteiger partial charge in [0, 0.05) is 0 Å². The molecule has 0 fully saturated rings. The van der Waals surface area contributed by atoms with Gasteiger partial charge in [-0.25, -0.2) is 4.39 Å². The summed E-state index contributed by atoms with van der Waals surface area (Å²) < 4.78 is 19.2. The summed E-state index contributed by atoms with van der Waals surface area (Å²) in [6.07, 6.45) is 7.35. The summed E-state index contributed by atoms with van der Waals surface area (Å²) in [4.78, 5) is 0. The minimum absolute atomic E-state index is 0.272. The van der Waals surface area contributed by atoms with Crippen LogP contribution in [0, 0.1) is 0 Å². The summed E-state index contributed by atoms with van der Waals surface area (Å²) in [5, 5.41) is 18.0. The molecule has 3 nitrogen and oxygen atoms in total. The topological polar surface area (TPSA) is 49.7 Å². The Hall–Kier alpha value is -0.645. The quantitative estimate of drug-likeness (QED) is 0.537. The first-order chi connectivity index (χ1) is 7.10. The van der Waals surface area contributed by atoms with Gasteiger partial charge in [-0.2, -0.15) is 0 Å². The molecule has 15 heavy (non-hydrogen) atoms. The average Bonchev–Trinajstić information content (AvgIpc) is 2.18. The molecule has 0 aromatic rings. The third-order valence-electron chi connectivity index (χ3n) is 2.35. The van der Waals surface area contributed by atoms with Crippen molar-refractivity contribution < 1.29 is 19.2 Å². The van der Waals surface area contributed by atoms with E-state index in [0.29, 0.717) is 0 Å². The number of unbranched alkanes of at least 4 members (excludes halogenated alkanes) is 1. The maximum atomic E-state index is 14.1. The van der Waals surface area contributed by atoms with Gasteiger partial charge in [-0.3, -0.25) is 0 Å². The van der Waals surface area contributed by atoms with Crippen molar-refractivity contribution in [1.29, 1.82) is 0 Å². The van der Waals surface area contributed by atoms with Crippen LogP contribution < -0.4 is 0 Å². The van der Waals surface area contributed by atoms with Crippen LogP contribution in [0.5, 0.6) is 0 Å². The van der Waals surface area contributed by atoms with Crippen LogP contribution in [0.3, 0.4) is 0 Å². The van der Waals surface area contributed by atoms with Gasteiger partial charge >= 0.3 is 7.12 Å². The molecule has 2 atom stereocenters. The highest BCUT2D eigenvalue weighted by Crippen LogP contribution is 2.35. The zero-order valence-corrected chi connectivity index (χ0v) is 8.77. The first kappa shape index (κ1) is 12.4. The lowest BCUT2D eigenvalue weighted by molar-refractivity contribution is -0.109. The maximum absolute atomic E-state index is 14.1. The molecule has 0 amide bonds. The molecule has 0 heterocycles. The molecule has 1 aliphatic carbocycles. The molecule has 0 aromatic heterocycles. The Balaban J connectivity index is 2.62. The highest BCUT2D eigenvalue weighted by atomic mass is 19.2. The van der Waals surface area contributed by atoms with Crippen molar-refractivity contribution >= 4 is 7.12 Å². The van der Waals surface area contributed by atoms with Gasteiger partial charge in [0.2, 0.25) is 5.85 Å². The van der Waals surface area contributed by atoms with Crippen LogP contribution in [0.25, 0.3) is 0 Å². The first-order valence-electron chi connectivity index (χ1n) is 5.15. The van der Waals surface area contributed by atoms with Gasteiger partial charge in [0.05, 0.1) is 12.4 Å². The molecule has 2 unspecified atom stereocenters. The Kier molecular flexibility index (Phi) is 4.51. The molecule has 84 valence electrons. The van der Waals surface area contributed by atoms with Crippen LogP contribution in [0.1, 0.15) is 19.8 Å². The molecule has 5 heteroatoms. The van der Waals surface area contributed by atoms with Crippen molar-refractivity contribution in [3.8, 4) is 0 Å². The van der Waals surface area contributed by atoms with Crippen molar-refractivity contribution in [2.45, 2.75) is 31.4 Å². The summed E-state index contributed by atoms with van der Waals surface area (Å²) in [6, 6.07) is 0. The van der Waals surface area contributed by atoms with E-state index in [2.05, 4.69) is 0 Å². The number of halogens is 1. The fourth-order valence-corrected chi connectivity index (χ4v) is 1.43. The Labute approximate surface area is 89.4 Å². The molecule has 1 rings (SSSR count). The fourth-order valence-electron chi connectivity index (χ4n) is 1.43. The van der Waals surface area contributed by atoms with Crippen LogP contribution in [0.2, 0.25) is 5.82 Å². The zero-order chi connectivity index (χ0) is 11.3. The van der Waals surface area contributed by atoms with E-state index in [0.717, 1.165) is 12.8 Å². The van der Waals surface area contributed by atoms with Gasteiger partial charge in [-0.15, -0.1) is 0 Å². The van der Waals surface area contributed by atoms with E-state index < -0.39 is 18.8 Å². The Morgan fingerprint density at radius 2 is 2.20 bits per heavy atom. The first-order valence-corrected chi connectivity index (χ1v) is 5.15. The van der Waals surface area contributed by atoms with E-state index in [1.807, 2.05) is 6.92 Å². The monoisotopic (exact) mass is 214 g/mol. The largest absolute Gasteiger partial charge is 0.465 e. The average molecular weight is 214 g/mol. The van der Waals surface area contributed by atoms with Gasteiger partial charge in [0.1, 0.15) is 0 Å². The van der Waals surface area contributed by atoms with E-state index in [9.17, 15) is 4.39 Å². The summed E-state index contributed by atoms with van der Waals surface area (Å²) in [6.45, 7) is 2.25. The third-order valence-corrected chi connectivity index (χ3v) is 2.35. The lowest BCUT2D eigenvalue weighted by Crippen LogP contribution is -2.40. The van der Waals surface area contributed by atoms with E-state index in [4.69, 9.17) is 14.8 Å². The summed E-state index contributed by atoms with van der Waals surface area (Å²) in [5.41, 5.74) is 0. The van der Waals surface area contributed by atoms with Crippen molar-refractivity contribution in [2.75, 3.05) is 6.61 Å². The van der Waals surface area contributed by atoms with Crippen LogP contribution >= 0.6 is 0 Å². The fraction of sp³-hybridized carbons (Fsp3) is 0.600. The molecule has 0 aliphatic heterocycles. The van der Waals surface area contributed by atoms with Gasteiger partial charge in [0.15, 0.2) is 0 Å². The smallest absolute Gasteiger partial charge is 0.427 e. The number of ether oxygens (including phenoxy) is 1. The molecule has 0 radical (unpaired) electrons. The van der Waals surface area contributed by atoms with Crippen LogP contribution in [0.15, 0.2) is 24.3 Å². The van der Waals surface area contributed by atoms with E-state index in [1.165, 1.54) is 18.2 Å². The second-order valence-electron chi connectivity index (χ2n) is 3.58. The molecule has 0 saturated carbocycles. The Morgan fingerprint density at radius 3 is 2.80 bits per heavy atom. The standard InChI is InChI=1S/C10H16BFO3/c1-2-3-8-15-10(12)7-5-4-6-9(10)11(13)14/h4-7,9,13-14H,2-3,8H2,1H3. The number of alkyl halides is 1. The molecule has 1 aliphatic rings. The SMILES string of the molecule is CCCCOC1(F)C=CC=CC1B(O)O. The maximum Gasteiger partial charge on any atom is 0.465 e. The van der Waals surface area contributed by atoms with Gasteiger partial charge < -0.3 is 14.8 Å². The van der Waals surface area contributed by atoms with Crippen LogP contribution in [0.4, 0.5) is 4.39 Å². The molecular weight excluding hydrogens is 198 g/mol. The number of hydrogen-bond donors (Lipinski definition) is 2. The Bertz CT molecular complexity index is 255. The van der Waals surface area contributed by atoms with Crippen molar-refractivity contribution in [1.82, 2.24) is 0 Å².